The molecule has 0 aromatic rings. The summed E-state index contributed by atoms with van der Waals surface area (Å²) in [6.07, 6.45) is 6.12. The molecule has 1 aliphatic carbocycles. The van der Waals surface area contributed by atoms with E-state index in [1.54, 1.807) is 6.08 Å². The summed E-state index contributed by atoms with van der Waals surface area (Å²) < 4.78 is 5.73. The van der Waals surface area contributed by atoms with Crippen molar-refractivity contribution in [2.75, 3.05) is 13.6 Å². The van der Waals surface area contributed by atoms with Crippen molar-refractivity contribution in [3.63, 3.8) is 0 Å². The molecule has 4 aliphatic rings. The summed E-state index contributed by atoms with van der Waals surface area (Å²) in [6, 6.07) is 0.615. The van der Waals surface area contributed by atoms with E-state index in [2.05, 4.69) is 11.9 Å². The fourth-order valence-electron chi connectivity index (χ4n) is 3.79. The second kappa shape index (κ2) is 3.33. The van der Waals surface area contributed by atoms with Gasteiger partial charge in [-0.3, -0.25) is 0 Å². The van der Waals surface area contributed by atoms with Crippen molar-refractivity contribution in [1.29, 1.82) is 0 Å². The summed E-state index contributed by atoms with van der Waals surface area (Å²) in [5.74, 6) is 0.411. The molecule has 0 aromatic heterocycles. The predicted molar refractivity (Wildman–Crippen MR) is 61.0 cm³/mol. The molecule has 0 aromatic carbocycles. The van der Waals surface area contributed by atoms with Gasteiger partial charge in [0, 0.05) is 37.4 Å². The van der Waals surface area contributed by atoms with Crippen LogP contribution < -0.4 is 0 Å². The Balaban J connectivity index is 1.90. The average Bonchev–Trinajstić information content (AvgIpc) is 2.18. The van der Waals surface area contributed by atoms with E-state index in [1.807, 2.05) is 6.92 Å². The standard InChI is InChI=1S/C13H19NO2/c1-9-5-12(15)16-13(6-9)7-11-4-3-10(13)8-14(11)2/h5,10-11H,3-4,6-8H2,1-2H3. The van der Waals surface area contributed by atoms with E-state index in [4.69, 9.17) is 4.74 Å². The Hall–Kier alpha value is -0.830. The molecule has 2 bridgehead atoms. The quantitative estimate of drug-likeness (QED) is 0.583. The third kappa shape index (κ3) is 1.41. The fraction of sp³-hybridized carbons (Fsp3) is 0.769. The van der Waals surface area contributed by atoms with Crippen molar-refractivity contribution in [1.82, 2.24) is 4.90 Å². The van der Waals surface area contributed by atoms with E-state index < -0.39 is 0 Å². The van der Waals surface area contributed by atoms with Crippen LogP contribution in [0.25, 0.3) is 0 Å². The number of carbonyl (C=O) groups excluding carboxylic acids is 1. The van der Waals surface area contributed by atoms with Crippen LogP contribution in [0.15, 0.2) is 11.6 Å². The van der Waals surface area contributed by atoms with Gasteiger partial charge >= 0.3 is 5.97 Å². The van der Waals surface area contributed by atoms with Gasteiger partial charge in [-0.25, -0.2) is 4.79 Å². The maximum atomic E-state index is 11.6. The van der Waals surface area contributed by atoms with Crippen molar-refractivity contribution in [3.05, 3.63) is 11.6 Å². The van der Waals surface area contributed by atoms with Gasteiger partial charge in [0.2, 0.25) is 0 Å². The Morgan fingerprint density at radius 1 is 1.50 bits per heavy atom. The highest BCUT2D eigenvalue weighted by Crippen LogP contribution is 2.48. The van der Waals surface area contributed by atoms with Crippen LogP contribution in [0.5, 0.6) is 0 Å². The van der Waals surface area contributed by atoms with E-state index in [0.29, 0.717) is 12.0 Å². The highest BCUT2D eigenvalue weighted by molar-refractivity contribution is 5.84. The maximum absolute atomic E-state index is 11.6. The first-order chi connectivity index (χ1) is 7.59. The number of esters is 1. The molecule has 3 fully saturated rings. The van der Waals surface area contributed by atoms with Gasteiger partial charge in [-0.05, 0) is 26.8 Å². The van der Waals surface area contributed by atoms with Crippen molar-refractivity contribution < 1.29 is 9.53 Å². The molecule has 16 heavy (non-hydrogen) atoms. The van der Waals surface area contributed by atoms with Crippen LogP contribution in [0.1, 0.15) is 32.6 Å². The minimum Gasteiger partial charge on any atom is -0.455 e. The van der Waals surface area contributed by atoms with Gasteiger partial charge in [0.15, 0.2) is 0 Å². The van der Waals surface area contributed by atoms with E-state index in [0.717, 1.165) is 19.4 Å². The maximum Gasteiger partial charge on any atom is 0.331 e. The van der Waals surface area contributed by atoms with Crippen LogP contribution in [-0.2, 0) is 9.53 Å². The number of carbonyl (C=O) groups is 1. The van der Waals surface area contributed by atoms with E-state index in [-0.39, 0.29) is 11.6 Å². The Labute approximate surface area is 96.4 Å². The number of fused-ring (bicyclic) bond motifs is 2. The molecule has 0 radical (unpaired) electrons. The van der Waals surface area contributed by atoms with Crippen LogP contribution in [0.2, 0.25) is 0 Å². The molecule has 3 heteroatoms. The SMILES string of the molecule is CC1=CC(=O)OC2(C1)CC1CCC2CN1C. The van der Waals surface area contributed by atoms with Gasteiger partial charge in [-0.1, -0.05) is 5.57 Å². The number of ether oxygens (including phenoxy) is 1. The largest absolute Gasteiger partial charge is 0.455 e. The fourth-order valence-corrected chi connectivity index (χ4v) is 3.79. The van der Waals surface area contributed by atoms with Crippen molar-refractivity contribution >= 4 is 5.97 Å². The zero-order valence-corrected chi connectivity index (χ0v) is 10.0. The number of nitrogens with zero attached hydrogens (tertiary/aromatic N) is 1. The zero-order chi connectivity index (χ0) is 11.3. The van der Waals surface area contributed by atoms with Gasteiger partial charge in [-0.15, -0.1) is 0 Å². The molecule has 3 aliphatic heterocycles. The lowest BCUT2D eigenvalue weighted by atomic mass is 9.66. The van der Waals surface area contributed by atoms with E-state index in [1.165, 1.54) is 18.4 Å². The molecule has 3 unspecified atom stereocenters. The van der Waals surface area contributed by atoms with Crippen molar-refractivity contribution in [2.45, 2.75) is 44.2 Å². The monoisotopic (exact) mass is 221 g/mol. The van der Waals surface area contributed by atoms with Crippen LogP contribution >= 0.6 is 0 Å². The first-order valence-corrected chi connectivity index (χ1v) is 6.19. The average molecular weight is 221 g/mol. The zero-order valence-electron chi connectivity index (χ0n) is 10.0. The Kier molecular flexibility index (Phi) is 2.15. The topological polar surface area (TPSA) is 29.5 Å². The van der Waals surface area contributed by atoms with Crippen LogP contribution in [0.4, 0.5) is 0 Å². The summed E-state index contributed by atoms with van der Waals surface area (Å²) >= 11 is 0. The molecule has 0 N–H and O–H groups in total. The van der Waals surface area contributed by atoms with Crippen LogP contribution in [-0.4, -0.2) is 36.1 Å². The third-order valence-electron chi connectivity index (χ3n) is 4.55. The number of hydrogen-bond acceptors (Lipinski definition) is 3. The predicted octanol–water partition coefficient (Wildman–Crippen LogP) is 1.73. The molecule has 4 rings (SSSR count). The molecule has 3 nitrogen and oxygen atoms in total. The molecular formula is C13H19NO2. The molecule has 0 amide bonds. The smallest absolute Gasteiger partial charge is 0.331 e. The summed E-state index contributed by atoms with van der Waals surface area (Å²) in [5, 5.41) is 0. The van der Waals surface area contributed by atoms with E-state index in [9.17, 15) is 4.79 Å². The number of piperidine rings is 2. The Morgan fingerprint density at radius 2 is 2.31 bits per heavy atom. The minimum atomic E-state index is -0.161. The van der Waals surface area contributed by atoms with E-state index >= 15 is 0 Å². The van der Waals surface area contributed by atoms with Gasteiger partial charge in [-0.2, -0.15) is 0 Å². The Bertz CT molecular complexity index is 363. The first-order valence-electron chi connectivity index (χ1n) is 6.19. The van der Waals surface area contributed by atoms with Gasteiger partial charge in [0.1, 0.15) is 5.60 Å². The summed E-state index contributed by atoms with van der Waals surface area (Å²) in [5.41, 5.74) is 1.03. The molecule has 3 atom stereocenters. The van der Waals surface area contributed by atoms with Crippen molar-refractivity contribution in [2.24, 2.45) is 5.92 Å². The lowest BCUT2D eigenvalue weighted by molar-refractivity contribution is -0.183. The lowest BCUT2D eigenvalue weighted by Gasteiger charge is -2.55. The number of rotatable bonds is 0. The second-order valence-electron chi connectivity index (χ2n) is 5.73. The minimum absolute atomic E-state index is 0.126. The molecule has 88 valence electrons. The molecule has 2 saturated heterocycles. The Morgan fingerprint density at radius 3 is 2.88 bits per heavy atom. The number of hydrogen-bond donors (Lipinski definition) is 0. The lowest BCUT2D eigenvalue weighted by Crippen LogP contribution is -2.61. The summed E-state index contributed by atoms with van der Waals surface area (Å²) in [6.45, 7) is 3.14. The molecule has 3 heterocycles. The van der Waals surface area contributed by atoms with Crippen LogP contribution in [0, 0.1) is 5.92 Å². The molecule has 1 spiro atoms. The second-order valence-corrected chi connectivity index (χ2v) is 5.73. The van der Waals surface area contributed by atoms with Gasteiger partial charge < -0.3 is 9.64 Å². The van der Waals surface area contributed by atoms with Crippen molar-refractivity contribution in [3.8, 4) is 0 Å². The van der Waals surface area contributed by atoms with Crippen LogP contribution in [0.3, 0.4) is 0 Å². The normalized spacial score (nSPS) is 43.4. The summed E-state index contributed by atoms with van der Waals surface area (Å²) in [7, 11) is 2.19. The molecular weight excluding hydrogens is 202 g/mol. The van der Waals surface area contributed by atoms with Gasteiger partial charge in [0.05, 0.1) is 0 Å². The first kappa shape index (κ1) is 10.3. The highest BCUT2D eigenvalue weighted by atomic mass is 16.6. The third-order valence-corrected chi connectivity index (χ3v) is 4.55. The summed E-state index contributed by atoms with van der Waals surface area (Å²) in [4.78, 5) is 14.0. The highest BCUT2D eigenvalue weighted by Gasteiger charge is 2.53. The molecule has 1 saturated carbocycles. The van der Waals surface area contributed by atoms with Gasteiger partial charge in [0.25, 0.3) is 0 Å².